The van der Waals surface area contributed by atoms with Gasteiger partial charge in [0, 0.05) is 5.69 Å². The third-order valence-corrected chi connectivity index (χ3v) is 6.22. The van der Waals surface area contributed by atoms with Crippen LogP contribution in [0.1, 0.15) is 18.1 Å². The van der Waals surface area contributed by atoms with Crippen LogP contribution in [-0.2, 0) is 11.2 Å². The summed E-state index contributed by atoms with van der Waals surface area (Å²) in [5.74, 6) is 2.98. The fourth-order valence-corrected chi connectivity index (χ4v) is 5.06. The van der Waals surface area contributed by atoms with Gasteiger partial charge in [0.25, 0.3) is 5.91 Å². The lowest BCUT2D eigenvalue weighted by Crippen LogP contribution is -2.30. The van der Waals surface area contributed by atoms with Crippen LogP contribution in [-0.4, -0.2) is 18.0 Å². The number of carbonyl (C=O) groups is 1. The number of benzene rings is 2. The molecule has 1 fully saturated rings. The first-order chi connectivity index (χ1) is 13.5. The standard InChI is InChI=1S/C21H18Br2N2O2S/c1-3-9-27-19-16(22)10-14(11-17(19)23)12-18-20(26)25-21(28-18)24-15-7-5-13(4-2)6-8-15/h1,5-8,10-12,21,24H,4,9H2,2H3,(H,25,26)/b18-12-/t21-/m1/s1. The molecule has 0 aromatic heterocycles. The normalized spacial score (nSPS) is 17.3. The van der Waals surface area contributed by atoms with Crippen molar-refractivity contribution in [3.63, 3.8) is 0 Å². The van der Waals surface area contributed by atoms with Crippen LogP contribution < -0.4 is 15.4 Å². The molecule has 2 N–H and O–H groups in total. The van der Waals surface area contributed by atoms with Crippen molar-refractivity contribution >= 4 is 61.3 Å². The second-order valence-corrected chi connectivity index (χ2v) is 8.84. The summed E-state index contributed by atoms with van der Waals surface area (Å²) in [7, 11) is 0. The highest BCUT2D eigenvalue weighted by molar-refractivity contribution is 9.11. The lowest BCUT2D eigenvalue weighted by molar-refractivity contribution is -0.116. The van der Waals surface area contributed by atoms with Crippen molar-refractivity contribution in [3.8, 4) is 18.1 Å². The van der Waals surface area contributed by atoms with E-state index in [2.05, 4.69) is 67.5 Å². The van der Waals surface area contributed by atoms with Crippen molar-refractivity contribution in [1.82, 2.24) is 5.32 Å². The Morgan fingerprint density at radius 3 is 2.57 bits per heavy atom. The SMILES string of the molecule is C#CCOc1c(Br)cc(/C=C2\S[C@H](Nc3ccc(CC)cc3)NC2=O)cc1Br. The van der Waals surface area contributed by atoms with Crippen LogP contribution >= 0.6 is 43.6 Å². The van der Waals surface area contributed by atoms with Gasteiger partial charge in [0.1, 0.15) is 12.4 Å². The van der Waals surface area contributed by atoms with E-state index in [0.29, 0.717) is 10.7 Å². The third-order valence-electron chi connectivity index (χ3n) is 4.01. The summed E-state index contributed by atoms with van der Waals surface area (Å²) in [5.41, 5.74) is 2.91. The molecule has 144 valence electrons. The first-order valence-electron chi connectivity index (χ1n) is 8.60. The Hall–Kier alpha value is -1.88. The van der Waals surface area contributed by atoms with Gasteiger partial charge >= 0.3 is 0 Å². The molecular formula is C21H18Br2N2O2S. The number of thioether (sulfide) groups is 1. The Labute approximate surface area is 185 Å². The van der Waals surface area contributed by atoms with Crippen molar-refractivity contribution < 1.29 is 9.53 Å². The second kappa shape index (κ2) is 9.55. The molecule has 28 heavy (non-hydrogen) atoms. The average molecular weight is 522 g/mol. The number of anilines is 1. The minimum Gasteiger partial charge on any atom is -0.479 e. The van der Waals surface area contributed by atoms with Gasteiger partial charge in [0.05, 0.1) is 13.9 Å². The molecule has 1 aliphatic rings. The predicted octanol–water partition coefficient (Wildman–Crippen LogP) is 5.39. The number of carbonyl (C=O) groups excluding carboxylic acids is 1. The molecule has 1 saturated heterocycles. The average Bonchev–Trinajstić information content (AvgIpc) is 3.00. The highest BCUT2D eigenvalue weighted by Crippen LogP contribution is 2.37. The van der Waals surface area contributed by atoms with Gasteiger partial charge in [-0.3, -0.25) is 4.79 Å². The van der Waals surface area contributed by atoms with Crippen LogP contribution in [0, 0.1) is 12.3 Å². The van der Waals surface area contributed by atoms with Gasteiger partial charge in [-0.2, -0.15) is 0 Å². The van der Waals surface area contributed by atoms with Gasteiger partial charge in [-0.15, -0.1) is 6.42 Å². The van der Waals surface area contributed by atoms with E-state index in [4.69, 9.17) is 11.2 Å². The smallest absolute Gasteiger partial charge is 0.260 e. The van der Waals surface area contributed by atoms with Gasteiger partial charge in [0.15, 0.2) is 5.50 Å². The topological polar surface area (TPSA) is 50.4 Å². The number of hydrogen-bond donors (Lipinski definition) is 2. The molecule has 0 bridgehead atoms. The summed E-state index contributed by atoms with van der Waals surface area (Å²) < 4.78 is 7.04. The lowest BCUT2D eigenvalue weighted by atomic mass is 10.1. The van der Waals surface area contributed by atoms with Gasteiger partial charge < -0.3 is 15.4 Å². The number of terminal acetylenes is 1. The number of hydrogen-bond acceptors (Lipinski definition) is 4. The maximum atomic E-state index is 12.3. The summed E-state index contributed by atoms with van der Waals surface area (Å²) >= 11 is 8.42. The molecule has 0 radical (unpaired) electrons. The molecule has 1 aliphatic heterocycles. The first-order valence-corrected chi connectivity index (χ1v) is 11.1. The molecule has 1 atom stereocenters. The van der Waals surface area contributed by atoms with E-state index in [-0.39, 0.29) is 18.0 Å². The molecule has 7 heteroatoms. The summed E-state index contributed by atoms with van der Waals surface area (Å²) in [5, 5.41) is 6.27. The predicted molar refractivity (Wildman–Crippen MR) is 123 cm³/mol. The van der Waals surface area contributed by atoms with Gasteiger partial charge in [0.2, 0.25) is 0 Å². The lowest BCUT2D eigenvalue weighted by Gasteiger charge is -2.13. The molecular weight excluding hydrogens is 504 g/mol. The third kappa shape index (κ3) is 5.13. The quantitative estimate of drug-likeness (QED) is 0.395. The van der Waals surface area contributed by atoms with Crippen molar-refractivity contribution in [2.24, 2.45) is 0 Å². The zero-order valence-corrected chi connectivity index (χ0v) is 19.1. The number of rotatable bonds is 6. The first kappa shape index (κ1) is 20.8. The van der Waals surface area contributed by atoms with Crippen LogP contribution in [0.2, 0.25) is 0 Å². The molecule has 2 aromatic rings. The van der Waals surface area contributed by atoms with E-state index in [1.54, 1.807) is 0 Å². The summed E-state index contributed by atoms with van der Waals surface area (Å²) in [6.45, 7) is 2.31. The number of ether oxygens (including phenoxy) is 1. The fraction of sp³-hybridized carbons (Fsp3) is 0.190. The molecule has 1 amide bonds. The number of amides is 1. The molecule has 0 spiro atoms. The zero-order chi connectivity index (χ0) is 20.1. The van der Waals surface area contributed by atoms with Crippen LogP contribution in [0.5, 0.6) is 5.75 Å². The van der Waals surface area contributed by atoms with Crippen molar-refractivity contribution in [2.45, 2.75) is 18.8 Å². The van der Waals surface area contributed by atoms with Crippen LogP contribution in [0.15, 0.2) is 50.2 Å². The molecule has 0 unspecified atom stereocenters. The van der Waals surface area contributed by atoms with Crippen molar-refractivity contribution in [2.75, 3.05) is 11.9 Å². The van der Waals surface area contributed by atoms with Crippen molar-refractivity contribution in [1.29, 1.82) is 0 Å². The number of nitrogens with one attached hydrogen (secondary N) is 2. The maximum absolute atomic E-state index is 12.3. The Morgan fingerprint density at radius 1 is 1.29 bits per heavy atom. The Balaban J connectivity index is 1.72. The van der Waals surface area contributed by atoms with E-state index in [9.17, 15) is 4.79 Å². The van der Waals surface area contributed by atoms with Crippen LogP contribution in [0.4, 0.5) is 5.69 Å². The molecule has 2 aromatic carbocycles. The summed E-state index contributed by atoms with van der Waals surface area (Å²) in [4.78, 5) is 13.0. The van der Waals surface area contributed by atoms with Crippen LogP contribution in [0.25, 0.3) is 6.08 Å². The number of halogens is 2. The molecule has 3 rings (SSSR count). The minimum absolute atomic E-state index is 0.104. The van der Waals surface area contributed by atoms with Crippen molar-refractivity contribution in [3.05, 3.63) is 61.4 Å². The molecule has 4 nitrogen and oxygen atoms in total. The van der Waals surface area contributed by atoms with E-state index in [1.165, 1.54) is 17.3 Å². The van der Waals surface area contributed by atoms with E-state index in [0.717, 1.165) is 26.6 Å². The molecule has 1 heterocycles. The fourth-order valence-electron chi connectivity index (χ4n) is 2.62. The highest BCUT2D eigenvalue weighted by Gasteiger charge is 2.27. The Bertz CT molecular complexity index is 929. The van der Waals surface area contributed by atoms with Gasteiger partial charge in [-0.25, -0.2) is 0 Å². The monoisotopic (exact) mass is 520 g/mol. The van der Waals surface area contributed by atoms with E-state index >= 15 is 0 Å². The highest BCUT2D eigenvalue weighted by atomic mass is 79.9. The minimum atomic E-state index is -0.212. The van der Waals surface area contributed by atoms with Gasteiger partial charge in [-0.05, 0) is 79.7 Å². The van der Waals surface area contributed by atoms with E-state index in [1.807, 2.05) is 30.3 Å². The van der Waals surface area contributed by atoms with Gasteiger partial charge in [-0.1, -0.05) is 36.7 Å². The molecule has 0 aliphatic carbocycles. The summed E-state index contributed by atoms with van der Waals surface area (Å²) in [6, 6.07) is 12.0. The Morgan fingerprint density at radius 2 is 1.96 bits per heavy atom. The maximum Gasteiger partial charge on any atom is 0.260 e. The van der Waals surface area contributed by atoms with E-state index < -0.39 is 0 Å². The summed E-state index contributed by atoms with van der Waals surface area (Å²) in [6.07, 6.45) is 8.09. The number of aryl methyl sites for hydroxylation is 1. The van der Waals surface area contributed by atoms with Crippen LogP contribution in [0.3, 0.4) is 0 Å². The Kier molecular flexibility index (Phi) is 7.11. The largest absolute Gasteiger partial charge is 0.479 e. The zero-order valence-electron chi connectivity index (χ0n) is 15.1. The molecule has 0 saturated carbocycles. The second-order valence-electron chi connectivity index (χ2n) is 5.98.